The van der Waals surface area contributed by atoms with Crippen molar-refractivity contribution in [2.24, 2.45) is 0 Å². The van der Waals surface area contributed by atoms with E-state index in [-0.39, 0.29) is 12.8 Å². The summed E-state index contributed by atoms with van der Waals surface area (Å²) in [6, 6.07) is 0. The van der Waals surface area contributed by atoms with Crippen LogP contribution >= 0.6 is 0 Å². The maximum Gasteiger partial charge on any atom is 0.302 e. The predicted molar refractivity (Wildman–Crippen MR) is 32.4 cm³/mol. The van der Waals surface area contributed by atoms with E-state index in [0.717, 1.165) is 0 Å². The summed E-state index contributed by atoms with van der Waals surface area (Å²) < 4.78 is 0. The minimum absolute atomic E-state index is 0.0870. The third-order valence-electron chi connectivity index (χ3n) is 1.29. The van der Waals surface area contributed by atoms with Crippen LogP contribution in [0.1, 0.15) is 12.8 Å². The third kappa shape index (κ3) is 1.49. The molecule has 5 heteroatoms. The van der Waals surface area contributed by atoms with E-state index in [9.17, 15) is 19.2 Å². The first-order valence-electron chi connectivity index (χ1n) is 3.02. The van der Waals surface area contributed by atoms with Crippen LogP contribution in [0.25, 0.3) is 0 Å². The summed E-state index contributed by atoms with van der Waals surface area (Å²) in [5, 5.41) is 1.77. The highest BCUT2D eigenvalue weighted by Crippen LogP contribution is 1.97. The van der Waals surface area contributed by atoms with Crippen molar-refractivity contribution in [3.63, 3.8) is 0 Å². The topological polar surface area (TPSA) is 80.3 Å². The van der Waals surface area contributed by atoms with Gasteiger partial charge in [-0.25, -0.2) is 0 Å². The molecule has 1 aliphatic heterocycles. The molecule has 58 valence electrons. The molecule has 0 aromatic rings. The van der Waals surface area contributed by atoms with Crippen molar-refractivity contribution in [1.29, 1.82) is 0 Å². The quantitative estimate of drug-likeness (QED) is 0.343. The van der Waals surface area contributed by atoms with Gasteiger partial charge in [0.1, 0.15) is 0 Å². The number of rotatable bonds is 0. The van der Waals surface area contributed by atoms with Crippen LogP contribution in [0.3, 0.4) is 0 Å². The summed E-state index contributed by atoms with van der Waals surface area (Å²) in [6.45, 7) is 0. The number of hydrogen-bond acceptors (Lipinski definition) is 4. The zero-order valence-electron chi connectivity index (χ0n) is 5.55. The van der Waals surface area contributed by atoms with Crippen molar-refractivity contribution < 1.29 is 19.2 Å². The second-order valence-electron chi connectivity index (χ2n) is 2.13. The number of carbonyl (C=O) groups is 4. The monoisotopic (exact) mass is 155 g/mol. The Morgan fingerprint density at radius 1 is 1.00 bits per heavy atom. The highest BCUT2D eigenvalue weighted by Gasteiger charge is 2.28. The van der Waals surface area contributed by atoms with Gasteiger partial charge in [-0.1, -0.05) is 0 Å². The van der Waals surface area contributed by atoms with Gasteiger partial charge in [-0.2, -0.15) is 0 Å². The Morgan fingerprint density at radius 2 is 1.64 bits per heavy atom. The van der Waals surface area contributed by atoms with E-state index in [4.69, 9.17) is 0 Å². The van der Waals surface area contributed by atoms with E-state index in [2.05, 4.69) is 0 Å². The molecule has 0 aliphatic carbocycles. The standard InChI is InChI=1S/C6H5NO4/c8-3-1-2-4(9)7-6(11)5(3)10/h1-2H2,(H,7,9,11). The minimum Gasteiger partial charge on any atom is -0.290 e. The molecule has 1 heterocycles. The lowest BCUT2D eigenvalue weighted by molar-refractivity contribution is -0.144. The Bertz CT molecular complexity index is 255. The highest BCUT2D eigenvalue weighted by atomic mass is 16.2. The van der Waals surface area contributed by atoms with Gasteiger partial charge in [-0.3, -0.25) is 24.5 Å². The molecule has 1 fully saturated rings. The molecule has 0 radical (unpaired) electrons. The van der Waals surface area contributed by atoms with Crippen molar-refractivity contribution in [2.75, 3.05) is 0 Å². The number of amides is 2. The van der Waals surface area contributed by atoms with Crippen LogP contribution in [0.5, 0.6) is 0 Å². The van der Waals surface area contributed by atoms with Gasteiger partial charge in [-0.05, 0) is 0 Å². The van der Waals surface area contributed by atoms with E-state index in [1.165, 1.54) is 0 Å². The average molecular weight is 155 g/mol. The molecule has 0 bridgehead atoms. The third-order valence-corrected chi connectivity index (χ3v) is 1.29. The zero-order chi connectivity index (χ0) is 8.43. The Morgan fingerprint density at radius 3 is 2.27 bits per heavy atom. The van der Waals surface area contributed by atoms with Crippen LogP contribution in [0, 0.1) is 0 Å². The predicted octanol–water partition coefficient (Wildman–Crippen LogP) is -1.44. The Hall–Kier alpha value is -1.52. The molecule has 0 aromatic heterocycles. The molecule has 11 heavy (non-hydrogen) atoms. The summed E-state index contributed by atoms with van der Waals surface area (Å²) >= 11 is 0. The van der Waals surface area contributed by atoms with Gasteiger partial charge in [0.2, 0.25) is 11.7 Å². The Kier molecular flexibility index (Phi) is 1.80. The largest absolute Gasteiger partial charge is 0.302 e. The second-order valence-corrected chi connectivity index (χ2v) is 2.13. The highest BCUT2D eigenvalue weighted by molar-refractivity contribution is 6.64. The van der Waals surface area contributed by atoms with Gasteiger partial charge in [-0.15, -0.1) is 0 Å². The molecule has 0 unspecified atom stereocenters. The molecule has 5 nitrogen and oxygen atoms in total. The van der Waals surface area contributed by atoms with Crippen molar-refractivity contribution in [1.82, 2.24) is 5.32 Å². The average Bonchev–Trinajstić information content (AvgIpc) is 2.05. The molecule has 0 saturated carbocycles. The SMILES string of the molecule is O=C1CCC(=O)C(=O)C(=O)N1. The maximum absolute atomic E-state index is 10.6. The lowest BCUT2D eigenvalue weighted by Gasteiger charge is -1.91. The summed E-state index contributed by atoms with van der Waals surface area (Å²) in [5.41, 5.74) is 0. The molecule has 0 spiro atoms. The van der Waals surface area contributed by atoms with Gasteiger partial charge in [0.05, 0.1) is 0 Å². The molecular formula is C6H5NO4. The summed E-state index contributed by atoms with van der Waals surface area (Å²) in [4.78, 5) is 42.3. The van der Waals surface area contributed by atoms with Crippen molar-refractivity contribution in [3.05, 3.63) is 0 Å². The molecule has 2 amide bonds. The first-order chi connectivity index (χ1) is 5.11. The van der Waals surface area contributed by atoms with E-state index in [1.54, 1.807) is 5.32 Å². The normalized spacial score (nSPS) is 19.6. The van der Waals surface area contributed by atoms with E-state index in [0.29, 0.717) is 0 Å². The number of hydrogen-bond donors (Lipinski definition) is 1. The van der Waals surface area contributed by atoms with Crippen LogP contribution in [0.15, 0.2) is 0 Å². The van der Waals surface area contributed by atoms with Gasteiger partial charge < -0.3 is 0 Å². The Balaban J connectivity index is 2.85. The number of carbonyl (C=O) groups excluding carboxylic acids is 4. The minimum atomic E-state index is -1.13. The molecule has 1 N–H and O–H groups in total. The lowest BCUT2D eigenvalue weighted by atomic mass is 10.2. The van der Waals surface area contributed by atoms with Gasteiger partial charge >= 0.3 is 5.91 Å². The molecule has 1 saturated heterocycles. The first kappa shape index (κ1) is 7.59. The fourth-order valence-corrected chi connectivity index (χ4v) is 0.713. The summed E-state index contributed by atoms with van der Waals surface area (Å²) in [5.74, 6) is -3.61. The fourth-order valence-electron chi connectivity index (χ4n) is 0.713. The van der Waals surface area contributed by atoms with Crippen LogP contribution in [0.2, 0.25) is 0 Å². The first-order valence-corrected chi connectivity index (χ1v) is 3.02. The number of Topliss-reactive ketones (excluding diaryl/α,β-unsaturated/α-hetero) is 2. The number of nitrogens with one attached hydrogen (secondary N) is 1. The van der Waals surface area contributed by atoms with Crippen LogP contribution in [-0.2, 0) is 19.2 Å². The molecule has 1 aliphatic rings. The van der Waals surface area contributed by atoms with Crippen LogP contribution < -0.4 is 5.32 Å². The number of imide groups is 1. The van der Waals surface area contributed by atoms with Crippen molar-refractivity contribution in [2.45, 2.75) is 12.8 Å². The molecule has 0 atom stereocenters. The zero-order valence-corrected chi connectivity index (χ0v) is 5.55. The van der Waals surface area contributed by atoms with Crippen molar-refractivity contribution >= 4 is 23.4 Å². The van der Waals surface area contributed by atoms with Gasteiger partial charge in [0.15, 0.2) is 0 Å². The fraction of sp³-hybridized carbons (Fsp3) is 0.333. The molecule has 0 aromatic carbocycles. The van der Waals surface area contributed by atoms with Crippen LogP contribution in [0.4, 0.5) is 0 Å². The number of ketones is 2. The van der Waals surface area contributed by atoms with E-state index < -0.39 is 23.4 Å². The summed E-state index contributed by atoms with van der Waals surface area (Å²) in [7, 11) is 0. The molecular weight excluding hydrogens is 150 g/mol. The molecule has 1 rings (SSSR count). The maximum atomic E-state index is 10.6. The summed E-state index contributed by atoms with van der Waals surface area (Å²) in [6.07, 6.45) is -0.257. The Labute approximate surface area is 61.8 Å². The smallest absolute Gasteiger partial charge is 0.290 e. The van der Waals surface area contributed by atoms with E-state index >= 15 is 0 Å². The second kappa shape index (κ2) is 2.61. The van der Waals surface area contributed by atoms with Crippen LogP contribution in [-0.4, -0.2) is 23.4 Å². The van der Waals surface area contributed by atoms with Crippen molar-refractivity contribution in [3.8, 4) is 0 Å². The lowest BCUT2D eigenvalue weighted by Crippen LogP contribution is -2.35. The van der Waals surface area contributed by atoms with Gasteiger partial charge in [0.25, 0.3) is 5.78 Å². The van der Waals surface area contributed by atoms with E-state index in [1.807, 2.05) is 0 Å². The van der Waals surface area contributed by atoms with Gasteiger partial charge in [0, 0.05) is 12.8 Å².